The fourth-order valence-corrected chi connectivity index (χ4v) is 1.84. The van der Waals surface area contributed by atoms with Crippen LogP contribution in [0.25, 0.3) is 0 Å². The summed E-state index contributed by atoms with van der Waals surface area (Å²) in [6.07, 6.45) is 1.66. The normalized spacial score (nSPS) is 11.4. The van der Waals surface area contributed by atoms with Crippen molar-refractivity contribution < 1.29 is 13.5 Å². The molecule has 0 radical (unpaired) electrons. The van der Waals surface area contributed by atoms with Crippen LogP contribution in [0.4, 0.5) is 14.6 Å². The number of aromatic nitrogens is 2. The molecular weight excluding hydrogens is 302 g/mol. The minimum absolute atomic E-state index is 0.0173. The van der Waals surface area contributed by atoms with E-state index >= 15 is 0 Å². The van der Waals surface area contributed by atoms with Crippen LogP contribution in [0, 0.1) is 11.6 Å². The van der Waals surface area contributed by atoms with Crippen LogP contribution in [0.2, 0.25) is 0 Å². The first-order valence-corrected chi connectivity index (χ1v) is 7.14. The Morgan fingerprint density at radius 3 is 2.52 bits per heavy atom. The third-order valence-corrected chi connectivity index (χ3v) is 3.05. The Bertz CT molecular complexity index is 687. The van der Waals surface area contributed by atoms with Crippen molar-refractivity contribution in [3.8, 4) is 6.01 Å². The second-order valence-electron chi connectivity index (χ2n) is 5.02. The molecule has 0 aliphatic rings. The summed E-state index contributed by atoms with van der Waals surface area (Å²) in [4.78, 5) is 13.7. The van der Waals surface area contributed by atoms with Crippen LogP contribution >= 0.6 is 0 Å². The van der Waals surface area contributed by atoms with Gasteiger partial charge in [0.25, 0.3) is 0 Å². The van der Waals surface area contributed by atoms with E-state index in [1.54, 1.807) is 17.0 Å². The molecule has 0 fully saturated rings. The molecule has 0 bridgehead atoms. The van der Waals surface area contributed by atoms with Crippen molar-refractivity contribution in [3.63, 3.8) is 0 Å². The quantitative estimate of drug-likeness (QED) is 0.626. The fraction of sp³-hybridized carbons (Fsp3) is 0.312. The monoisotopic (exact) mass is 320 g/mol. The van der Waals surface area contributed by atoms with Crippen molar-refractivity contribution >= 4 is 11.7 Å². The van der Waals surface area contributed by atoms with Crippen molar-refractivity contribution in [2.45, 2.75) is 20.0 Å². The van der Waals surface area contributed by atoms with Crippen molar-refractivity contribution in [2.75, 3.05) is 14.1 Å². The number of ether oxygens (including phenoxy) is 1. The summed E-state index contributed by atoms with van der Waals surface area (Å²) in [5.41, 5.74) is 0.756. The van der Waals surface area contributed by atoms with Gasteiger partial charge in [-0.3, -0.25) is 0 Å². The first-order chi connectivity index (χ1) is 11.0. The summed E-state index contributed by atoms with van der Waals surface area (Å²) in [7, 11) is 3.65. The molecule has 0 spiro atoms. The summed E-state index contributed by atoms with van der Waals surface area (Å²) in [6.45, 7) is 2.08. The standard InChI is InChI=1S/C16H18F2N4O/c1-4-14(22(2)3)20-15-13(18)9-19-16(21-15)23-10-11-5-7-12(17)8-6-11/h5-9H,4,10H2,1-3H3. The van der Waals surface area contributed by atoms with Crippen LogP contribution in [0.1, 0.15) is 18.9 Å². The van der Waals surface area contributed by atoms with Crippen molar-refractivity contribution in [2.24, 2.45) is 4.99 Å². The van der Waals surface area contributed by atoms with E-state index < -0.39 is 5.82 Å². The molecule has 0 aliphatic heterocycles. The van der Waals surface area contributed by atoms with E-state index in [-0.39, 0.29) is 24.3 Å². The second-order valence-corrected chi connectivity index (χ2v) is 5.02. The Labute approximate surface area is 133 Å². The third kappa shape index (κ3) is 4.70. The van der Waals surface area contributed by atoms with Crippen LogP contribution in [0.5, 0.6) is 6.01 Å². The number of rotatable bonds is 5. The van der Waals surface area contributed by atoms with Crippen LogP contribution in [0.15, 0.2) is 35.5 Å². The molecule has 1 heterocycles. The Morgan fingerprint density at radius 1 is 1.22 bits per heavy atom. The zero-order valence-electron chi connectivity index (χ0n) is 13.3. The maximum Gasteiger partial charge on any atom is 0.318 e. The van der Waals surface area contributed by atoms with Crippen LogP contribution in [-0.4, -0.2) is 34.8 Å². The van der Waals surface area contributed by atoms with Crippen molar-refractivity contribution in [1.82, 2.24) is 14.9 Å². The first kappa shape index (κ1) is 16.8. The van der Waals surface area contributed by atoms with Crippen molar-refractivity contribution in [3.05, 3.63) is 47.7 Å². The van der Waals surface area contributed by atoms with E-state index in [0.717, 1.165) is 11.8 Å². The minimum Gasteiger partial charge on any atom is -0.459 e. The molecular formula is C16H18F2N4O. The molecule has 0 aliphatic carbocycles. The number of hydrogen-bond donors (Lipinski definition) is 0. The van der Waals surface area contributed by atoms with Gasteiger partial charge in [0.1, 0.15) is 18.3 Å². The molecule has 122 valence electrons. The number of benzene rings is 1. The molecule has 23 heavy (non-hydrogen) atoms. The van der Waals surface area contributed by atoms with Gasteiger partial charge in [0.2, 0.25) is 0 Å². The molecule has 0 atom stereocenters. The van der Waals surface area contributed by atoms with Gasteiger partial charge in [-0.15, -0.1) is 0 Å². The molecule has 0 amide bonds. The van der Waals surface area contributed by atoms with E-state index in [4.69, 9.17) is 4.74 Å². The summed E-state index contributed by atoms with van der Waals surface area (Å²) >= 11 is 0. The molecule has 7 heteroatoms. The fourth-order valence-electron chi connectivity index (χ4n) is 1.84. The molecule has 0 saturated carbocycles. The topological polar surface area (TPSA) is 50.6 Å². The van der Waals surface area contributed by atoms with Gasteiger partial charge in [0.15, 0.2) is 11.6 Å². The smallest absolute Gasteiger partial charge is 0.318 e. The molecule has 2 aromatic rings. The van der Waals surface area contributed by atoms with Gasteiger partial charge < -0.3 is 9.64 Å². The lowest BCUT2D eigenvalue weighted by Gasteiger charge is -2.13. The number of aliphatic imine (C=N–C) groups is 1. The largest absolute Gasteiger partial charge is 0.459 e. The molecule has 0 unspecified atom stereocenters. The van der Waals surface area contributed by atoms with Crippen LogP contribution in [0.3, 0.4) is 0 Å². The van der Waals surface area contributed by atoms with Gasteiger partial charge in [0.05, 0.1) is 6.20 Å². The Hall–Kier alpha value is -2.57. The lowest BCUT2D eigenvalue weighted by Crippen LogP contribution is -2.20. The van der Waals surface area contributed by atoms with Crippen LogP contribution < -0.4 is 4.74 Å². The number of halogens is 2. The highest BCUT2D eigenvalue weighted by Gasteiger charge is 2.09. The van der Waals surface area contributed by atoms with Crippen molar-refractivity contribution in [1.29, 1.82) is 0 Å². The average molecular weight is 320 g/mol. The van der Waals surface area contributed by atoms with Gasteiger partial charge >= 0.3 is 6.01 Å². The third-order valence-electron chi connectivity index (χ3n) is 3.05. The molecule has 0 N–H and O–H groups in total. The SMILES string of the molecule is CCC(=Nc1nc(OCc2ccc(F)cc2)ncc1F)N(C)C. The van der Waals surface area contributed by atoms with E-state index in [1.807, 2.05) is 21.0 Å². The van der Waals surface area contributed by atoms with E-state index in [9.17, 15) is 8.78 Å². The Balaban J connectivity index is 2.15. The zero-order valence-corrected chi connectivity index (χ0v) is 13.3. The molecule has 5 nitrogen and oxygen atoms in total. The van der Waals surface area contributed by atoms with E-state index in [1.165, 1.54) is 12.1 Å². The summed E-state index contributed by atoms with van der Waals surface area (Å²) in [5, 5.41) is 0. The first-order valence-electron chi connectivity index (χ1n) is 7.14. The maximum absolute atomic E-state index is 13.8. The maximum atomic E-state index is 13.8. The highest BCUT2D eigenvalue weighted by atomic mass is 19.1. The molecule has 2 rings (SSSR count). The van der Waals surface area contributed by atoms with E-state index in [2.05, 4.69) is 15.0 Å². The van der Waals surface area contributed by atoms with Gasteiger partial charge in [-0.05, 0) is 17.7 Å². The highest BCUT2D eigenvalue weighted by molar-refractivity contribution is 5.83. The van der Waals surface area contributed by atoms with Gasteiger partial charge in [-0.2, -0.15) is 4.98 Å². The second kappa shape index (κ2) is 7.62. The predicted octanol–water partition coefficient (Wildman–Crippen LogP) is 3.34. The van der Waals surface area contributed by atoms with Gasteiger partial charge in [-0.25, -0.2) is 18.8 Å². The summed E-state index contributed by atoms with van der Waals surface area (Å²) in [6, 6.07) is 5.89. The predicted molar refractivity (Wildman–Crippen MR) is 83.8 cm³/mol. The minimum atomic E-state index is -0.619. The number of amidine groups is 1. The van der Waals surface area contributed by atoms with Gasteiger partial charge in [-0.1, -0.05) is 19.1 Å². The molecule has 1 aromatic heterocycles. The molecule has 1 aromatic carbocycles. The average Bonchev–Trinajstić information content (AvgIpc) is 2.54. The van der Waals surface area contributed by atoms with E-state index in [0.29, 0.717) is 12.3 Å². The lowest BCUT2D eigenvalue weighted by atomic mass is 10.2. The van der Waals surface area contributed by atoms with Crippen LogP contribution in [-0.2, 0) is 6.61 Å². The number of hydrogen-bond acceptors (Lipinski definition) is 4. The highest BCUT2D eigenvalue weighted by Crippen LogP contribution is 2.18. The van der Waals surface area contributed by atoms with Gasteiger partial charge in [0, 0.05) is 20.5 Å². The molecule has 0 saturated heterocycles. The summed E-state index contributed by atoms with van der Waals surface area (Å²) < 4.78 is 32.0. The zero-order chi connectivity index (χ0) is 16.8. The Kier molecular flexibility index (Phi) is 5.56. The lowest BCUT2D eigenvalue weighted by molar-refractivity contribution is 0.279. The number of nitrogens with zero attached hydrogens (tertiary/aromatic N) is 4. The summed E-state index contributed by atoms with van der Waals surface area (Å²) in [5.74, 6) is -0.321. The Morgan fingerprint density at radius 2 is 1.91 bits per heavy atom.